The zero-order valence-electron chi connectivity index (χ0n) is 27.7. The molecule has 2 aromatic heterocycles. The average Bonchev–Trinajstić information content (AvgIpc) is 3.61. The Kier molecular flexibility index (Phi) is 7.71. The Bertz CT molecular complexity index is 2850. The first-order valence-electron chi connectivity index (χ1n) is 16.9. The Morgan fingerprint density at radius 2 is 1.06 bits per heavy atom. The van der Waals surface area contributed by atoms with E-state index in [4.69, 9.17) is 9.97 Å². The van der Waals surface area contributed by atoms with Gasteiger partial charge in [-0.3, -0.25) is 0 Å². The molecule has 0 aliphatic carbocycles. The van der Waals surface area contributed by atoms with E-state index in [-0.39, 0.29) is 0 Å². The normalized spacial score (nSPS) is 11.0. The number of nitriles is 2. The zero-order valence-corrected chi connectivity index (χ0v) is 28.5. The number of hydrogen-bond acceptors (Lipinski definition) is 6. The lowest BCUT2D eigenvalue weighted by Crippen LogP contribution is -2.10. The standard InChI is InChI=1S/C46H27N5S/c47-28-34-26-40-41(27-35(34)29-48)49-46(33-12-5-2-6-13-33)50-44(40)32-20-24-37(25-21-32)51(36-22-18-31(19-23-36)30-10-3-1-4-11-30)42-16-9-15-39-38-14-7-8-17-43(38)52-45(39)42/h1-27H. The molecule has 52 heavy (non-hydrogen) atoms. The van der Waals surface area contributed by atoms with Crippen LogP contribution in [-0.2, 0) is 0 Å². The summed E-state index contributed by atoms with van der Waals surface area (Å²) in [5.41, 5.74) is 9.09. The van der Waals surface area contributed by atoms with Crippen molar-refractivity contribution in [2.24, 2.45) is 0 Å². The lowest BCUT2D eigenvalue weighted by Gasteiger charge is -2.26. The van der Waals surface area contributed by atoms with E-state index in [0.29, 0.717) is 33.5 Å². The lowest BCUT2D eigenvalue weighted by molar-refractivity contribution is 1.22. The number of thiophene rings is 1. The summed E-state index contributed by atoms with van der Waals surface area (Å²) in [7, 11) is 0. The molecule has 0 saturated heterocycles. The summed E-state index contributed by atoms with van der Waals surface area (Å²) in [6, 6.07) is 60.2. The fourth-order valence-electron chi connectivity index (χ4n) is 6.83. The number of hydrogen-bond donors (Lipinski definition) is 0. The Labute approximate surface area is 304 Å². The highest BCUT2D eigenvalue weighted by atomic mass is 32.1. The fourth-order valence-corrected chi connectivity index (χ4v) is 8.04. The lowest BCUT2D eigenvalue weighted by atomic mass is 10.00. The summed E-state index contributed by atoms with van der Waals surface area (Å²) >= 11 is 1.81. The summed E-state index contributed by atoms with van der Waals surface area (Å²) in [6.07, 6.45) is 0. The van der Waals surface area contributed by atoms with Crippen LogP contribution in [0.4, 0.5) is 17.1 Å². The molecule has 9 rings (SSSR count). The molecule has 2 heterocycles. The van der Waals surface area contributed by atoms with Crippen LogP contribution < -0.4 is 4.90 Å². The first-order chi connectivity index (χ1) is 25.7. The minimum atomic E-state index is 0.290. The van der Waals surface area contributed by atoms with Crippen molar-refractivity contribution >= 4 is 59.5 Å². The van der Waals surface area contributed by atoms with E-state index in [1.165, 1.54) is 25.7 Å². The van der Waals surface area contributed by atoms with Gasteiger partial charge in [0.1, 0.15) is 12.1 Å². The molecule has 0 N–H and O–H groups in total. The molecule has 0 amide bonds. The molecule has 0 aliphatic heterocycles. The summed E-state index contributed by atoms with van der Waals surface area (Å²) in [6.45, 7) is 0. The third-order valence-electron chi connectivity index (χ3n) is 9.36. The van der Waals surface area contributed by atoms with Gasteiger partial charge in [-0.15, -0.1) is 11.3 Å². The highest BCUT2D eigenvalue weighted by molar-refractivity contribution is 7.26. The molecule has 7 aromatic carbocycles. The third kappa shape index (κ3) is 5.41. The first-order valence-corrected chi connectivity index (χ1v) is 17.7. The molecule has 0 unspecified atom stereocenters. The Morgan fingerprint density at radius 1 is 0.481 bits per heavy atom. The molecular weight excluding hydrogens is 655 g/mol. The van der Waals surface area contributed by atoms with Crippen molar-refractivity contribution in [2.75, 3.05) is 4.90 Å². The molecule has 242 valence electrons. The van der Waals surface area contributed by atoms with E-state index in [1.807, 2.05) is 36.4 Å². The van der Waals surface area contributed by atoms with Crippen LogP contribution in [0.25, 0.3) is 64.8 Å². The van der Waals surface area contributed by atoms with Crippen molar-refractivity contribution in [2.45, 2.75) is 0 Å². The maximum Gasteiger partial charge on any atom is 0.160 e. The predicted molar refractivity (Wildman–Crippen MR) is 213 cm³/mol. The number of nitrogens with zero attached hydrogens (tertiary/aromatic N) is 5. The monoisotopic (exact) mass is 681 g/mol. The van der Waals surface area contributed by atoms with Crippen LogP contribution in [0.2, 0.25) is 0 Å². The van der Waals surface area contributed by atoms with Crippen LogP contribution in [-0.4, -0.2) is 9.97 Å². The maximum atomic E-state index is 9.87. The van der Waals surface area contributed by atoms with Gasteiger partial charge in [0.25, 0.3) is 0 Å². The molecule has 0 saturated carbocycles. The second kappa shape index (κ2) is 13.0. The SMILES string of the molecule is N#Cc1cc2nc(-c3ccccc3)nc(-c3ccc(N(c4ccc(-c5ccccc5)cc4)c4cccc5c4sc4ccccc45)cc3)c2cc1C#N. The van der Waals surface area contributed by atoms with Gasteiger partial charge in [-0.05, 0) is 59.7 Å². The van der Waals surface area contributed by atoms with Crippen LogP contribution in [0.5, 0.6) is 0 Å². The van der Waals surface area contributed by atoms with Crippen LogP contribution >= 0.6 is 11.3 Å². The molecule has 9 aromatic rings. The van der Waals surface area contributed by atoms with Crippen molar-refractivity contribution in [3.63, 3.8) is 0 Å². The van der Waals surface area contributed by atoms with Gasteiger partial charge >= 0.3 is 0 Å². The highest BCUT2D eigenvalue weighted by Crippen LogP contribution is 2.45. The first kappa shape index (κ1) is 30.9. The van der Waals surface area contributed by atoms with Crippen LogP contribution in [0.15, 0.2) is 164 Å². The van der Waals surface area contributed by atoms with E-state index >= 15 is 0 Å². The van der Waals surface area contributed by atoms with Gasteiger partial charge in [0.15, 0.2) is 5.82 Å². The maximum absolute atomic E-state index is 9.87. The van der Waals surface area contributed by atoms with Crippen LogP contribution in [0, 0.1) is 22.7 Å². The van der Waals surface area contributed by atoms with E-state index in [1.54, 1.807) is 23.5 Å². The molecular formula is C46H27N5S. The topological polar surface area (TPSA) is 76.6 Å². The van der Waals surface area contributed by atoms with Gasteiger partial charge in [0, 0.05) is 43.4 Å². The average molecular weight is 682 g/mol. The summed E-state index contributed by atoms with van der Waals surface area (Å²) in [4.78, 5) is 12.2. The van der Waals surface area contributed by atoms with Crippen molar-refractivity contribution in [1.29, 1.82) is 10.5 Å². The number of anilines is 3. The van der Waals surface area contributed by atoms with Gasteiger partial charge in [-0.1, -0.05) is 115 Å². The van der Waals surface area contributed by atoms with E-state index < -0.39 is 0 Å². The molecule has 0 radical (unpaired) electrons. The molecule has 0 bridgehead atoms. The number of rotatable bonds is 6. The second-order valence-electron chi connectivity index (χ2n) is 12.4. The van der Waals surface area contributed by atoms with Crippen LogP contribution in [0.1, 0.15) is 11.1 Å². The Balaban J connectivity index is 1.21. The van der Waals surface area contributed by atoms with Gasteiger partial charge in [0.05, 0.1) is 32.7 Å². The van der Waals surface area contributed by atoms with Crippen molar-refractivity contribution < 1.29 is 0 Å². The van der Waals surface area contributed by atoms with Crippen molar-refractivity contribution in [3.8, 4) is 45.9 Å². The van der Waals surface area contributed by atoms with Crippen molar-refractivity contribution in [1.82, 2.24) is 9.97 Å². The largest absolute Gasteiger partial charge is 0.309 e. The minimum Gasteiger partial charge on any atom is -0.309 e. The Morgan fingerprint density at radius 3 is 1.75 bits per heavy atom. The summed E-state index contributed by atoms with van der Waals surface area (Å²) in [5, 5.41) is 22.9. The van der Waals surface area contributed by atoms with Gasteiger partial charge in [-0.25, -0.2) is 9.97 Å². The fraction of sp³-hybridized carbons (Fsp3) is 0. The predicted octanol–water partition coefficient (Wildman–Crippen LogP) is 12.2. The Hall–Kier alpha value is -7.12. The van der Waals surface area contributed by atoms with Gasteiger partial charge in [0.2, 0.25) is 0 Å². The quantitative estimate of drug-likeness (QED) is 0.175. The smallest absolute Gasteiger partial charge is 0.160 e. The van der Waals surface area contributed by atoms with Crippen LogP contribution in [0.3, 0.4) is 0 Å². The molecule has 5 nitrogen and oxygen atoms in total. The third-order valence-corrected chi connectivity index (χ3v) is 10.6. The summed E-state index contributed by atoms with van der Waals surface area (Å²) in [5.74, 6) is 0.553. The molecule has 0 spiro atoms. The molecule has 0 aliphatic rings. The molecule has 0 atom stereocenters. The zero-order chi connectivity index (χ0) is 35.0. The number of aromatic nitrogens is 2. The number of fused-ring (bicyclic) bond motifs is 4. The highest BCUT2D eigenvalue weighted by Gasteiger charge is 2.20. The van der Waals surface area contributed by atoms with E-state index in [9.17, 15) is 10.5 Å². The number of benzene rings is 7. The van der Waals surface area contributed by atoms with E-state index in [0.717, 1.165) is 33.8 Å². The second-order valence-corrected chi connectivity index (χ2v) is 13.5. The van der Waals surface area contributed by atoms with Crippen molar-refractivity contribution in [3.05, 3.63) is 175 Å². The van der Waals surface area contributed by atoms with E-state index in [2.05, 4.69) is 132 Å². The minimum absolute atomic E-state index is 0.290. The summed E-state index contributed by atoms with van der Waals surface area (Å²) < 4.78 is 2.47. The molecule has 6 heteroatoms. The van der Waals surface area contributed by atoms with Gasteiger partial charge < -0.3 is 4.90 Å². The molecule has 0 fully saturated rings. The van der Waals surface area contributed by atoms with Gasteiger partial charge in [-0.2, -0.15) is 10.5 Å².